The Morgan fingerprint density at radius 1 is 1.09 bits per heavy atom. The summed E-state index contributed by atoms with van der Waals surface area (Å²) in [7, 11) is 0. The summed E-state index contributed by atoms with van der Waals surface area (Å²) in [5.74, 6) is -0.511. The number of aromatic amines is 1. The van der Waals surface area contributed by atoms with Crippen molar-refractivity contribution in [1.29, 1.82) is 0 Å². The van der Waals surface area contributed by atoms with Gasteiger partial charge in [0, 0.05) is 19.5 Å². The monoisotopic (exact) mass is 455 g/mol. The Balaban J connectivity index is 1.99. The van der Waals surface area contributed by atoms with E-state index in [0.29, 0.717) is 25.9 Å². The molecule has 0 radical (unpaired) electrons. The number of carbonyl (C=O) groups is 2. The summed E-state index contributed by atoms with van der Waals surface area (Å²) in [6, 6.07) is 9.24. The molecule has 0 atom stereocenters. The van der Waals surface area contributed by atoms with Gasteiger partial charge in [-0.3, -0.25) is 28.8 Å². The first-order valence-electron chi connectivity index (χ1n) is 11.7. The van der Waals surface area contributed by atoms with Crippen molar-refractivity contribution >= 4 is 23.3 Å². The molecule has 1 aromatic heterocycles. The molecule has 1 aromatic carbocycles. The van der Waals surface area contributed by atoms with Crippen molar-refractivity contribution in [1.82, 2.24) is 14.5 Å². The largest absolute Gasteiger partial charge is 0.383 e. The van der Waals surface area contributed by atoms with Gasteiger partial charge in [0.2, 0.25) is 11.8 Å². The zero-order valence-corrected chi connectivity index (χ0v) is 19.2. The Morgan fingerprint density at radius 3 is 2.55 bits per heavy atom. The zero-order valence-electron chi connectivity index (χ0n) is 19.2. The highest BCUT2D eigenvalue weighted by atomic mass is 16.2. The molecule has 2 heterocycles. The third-order valence-corrected chi connectivity index (χ3v) is 5.95. The lowest BCUT2D eigenvalue weighted by atomic mass is 10.1. The number of nitrogen functional groups attached to an aromatic ring is 1. The normalized spacial score (nSPS) is 14.6. The van der Waals surface area contributed by atoms with E-state index >= 15 is 0 Å². The maximum atomic E-state index is 13.5. The topological polar surface area (TPSA) is 121 Å². The second-order valence-corrected chi connectivity index (χ2v) is 8.44. The molecule has 2 amide bonds. The van der Waals surface area contributed by atoms with Gasteiger partial charge in [-0.25, -0.2) is 4.79 Å². The average molecular weight is 456 g/mol. The van der Waals surface area contributed by atoms with Gasteiger partial charge in [0.15, 0.2) is 5.69 Å². The lowest BCUT2D eigenvalue weighted by Gasteiger charge is -2.29. The number of benzene rings is 1. The van der Waals surface area contributed by atoms with Crippen molar-refractivity contribution < 1.29 is 9.59 Å². The number of likely N-dealkylation sites (tertiary alicyclic amines) is 1. The van der Waals surface area contributed by atoms with Crippen LogP contribution in [0, 0.1) is 0 Å². The zero-order chi connectivity index (χ0) is 23.8. The quantitative estimate of drug-likeness (QED) is 0.632. The Labute approximate surface area is 193 Å². The molecule has 178 valence electrons. The fraction of sp³-hybridized carbons (Fsp3) is 0.500. The summed E-state index contributed by atoms with van der Waals surface area (Å²) < 4.78 is 1.30. The number of amides is 2. The molecule has 3 N–H and O–H groups in total. The first-order valence-corrected chi connectivity index (χ1v) is 11.7. The molecular formula is C24H33N5O4. The summed E-state index contributed by atoms with van der Waals surface area (Å²) in [4.78, 5) is 56.5. The van der Waals surface area contributed by atoms with Crippen molar-refractivity contribution in [3.8, 4) is 0 Å². The van der Waals surface area contributed by atoms with Crippen molar-refractivity contribution in [2.75, 3.05) is 23.7 Å². The highest BCUT2D eigenvalue weighted by Gasteiger charge is 2.27. The Hall–Kier alpha value is -3.36. The molecule has 0 bridgehead atoms. The van der Waals surface area contributed by atoms with Gasteiger partial charge in [-0.05, 0) is 24.8 Å². The van der Waals surface area contributed by atoms with Crippen LogP contribution in [0.25, 0.3) is 0 Å². The molecule has 0 aliphatic carbocycles. The van der Waals surface area contributed by atoms with Crippen LogP contribution in [0.3, 0.4) is 0 Å². The predicted octanol–water partition coefficient (Wildman–Crippen LogP) is 2.24. The maximum absolute atomic E-state index is 13.5. The Kier molecular flexibility index (Phi) is 8.46. The third-order valence-electron chi connectivity index (χ3n) is 5.95. The summed E-state index contributed by atoms with van der Waals surface area (Å²) in [6.07, 6.45) is 5.62. The van der Waals surface area contributed by atoms with E-state index in [4.69, 9.17) is 5.73 Å². The lowest BCUT2D eigenvalue weighted by Crippen LogP contribution is -2.46. The number of aromatic nitrogens is 2. The average Bonchev–Trinajstić information content (AvgIpc) is 2.78. The molecule has 0 unspecified atom stereocenters. The van der Waals surface area contributed by atoms with E-state index in [-0.39, 0.29) is 30.5 Å². The van der Waals surface area contributed by atoms with Crippen molar-refractivity contribution in [3.05, 3.63) is 56.7 Å². The van der Waals surface area contributed by atoms with Crippen LogP contribution in [0.15, 0.2) is 39.9 Å². The number of nitrogens with one attached hydrogen (secondary N) is 1. The molecule has 1 aliphatic heterocycles. The number of hydrogen-bond acceptors (Lipinski definition) is 5. The van der Waals surface area contributed by atoms with Gasteiger partial charge in [-0.1, -0.05) is 56.5 Å². The van der Waals surface area contributed by atoms with Crippen molar-refractivity contribution in [2.24, 2.45) is 0 Å². The van der Waals surface area contributed by atoms with Crippen LogP contribution in [0.1, 0.15) is 57.4 Å². The first-order chi connectivity index (χ1) is 15.9. The van der Waals surface area contributed by atoms with Gasteiger partial charge in [-0.2, -0.15) is 0 Å². The number of hydrogen-bond donors (Lipinski definition) is 2. The SMILES string of the molecule is CCCCn1c(N)c(N(Cc2ccccc2)C(=O)CN2CCCCCCC2=O)c(=O)[nH]c1=O. The highest BCUT2D eigenvalue weighted by Crippen LogP contribution is 2.21. The van der Waals surface area contributed by atoms with Crippen LogP contribution >= 0.6 is 0 Å². The van der Waals surface area contributed by atoms with E-state index in [1.165, 1.54) is 9.47 Å². The molecular weight excluding hydrogens is 422 g/mol. The van der Waals surface area contributed by atoms with Crippen LogP contribution in [-0.2, 0) is 22.7 Å². The number of rotatable bonds is 8. The second-order valence-electron chi connectivity index (χ2n) is 8.44. The minimum Gasteiger partial charge on any atom is -0.383 e. The van der Waals surface area contributed by atoms with E-state index in [2.05, 4.69) is 4.98 Å². The number of unbranched alkanes of at least 4 members (excludes halogenated alkanes) is 1. The van der Waals surface area contributed by atoms with E-state index in [1.807, 2.05) is 37.3 Å². The standard InChI is InChI=1S/C24H33N5O4/c1-2-3-15-28-22(25)21(23(32)26-24(28)33)29(16-18-11-7-6-8-12-18)20(31)17-27-14-10-5-4-9-13-19(27)30/h6-8,11-12H,2-5,9-10,13-17,25H2,1H3,(H,26,32,33). The van der Waals surface area contributed by atoms with Crippen LogP contribution < -0.4 is 21.9 Å². The summed E-state index contributed by atoms with van der Waals surface area (Å²) in [5.41, 5.74) is 5.73. The number of nitrogens with two attached hydrogens (primary N) is 1. The smallest absolute Gasteiger partial charge is 0.330 e. The molecule has 1 fully saturated rings. The summed E-state index contributed by atoms with van der Waals surface area (Å²) in [5, 5.41) is 0. The molecule has 0 saturated carbocycles. The molecule has 1 saturated heterocycles. The third kappa shape index (κ3) is 6.12. The summed E-state index contributed by atoms with van der Waals surface area (Å²) in [6.45, 7) is 2.79. The van der Waals surface area contributed by atoms with E-state index in [0.717, 1.165) is 37.7 Å². The van der Waals surface area contributed by atoms with Gasteiger partial charge in [0.1, 0.15) is 12.4 Å². The Bertz CT molecular complexity index is 1080. The van der Waals surface area contributed by atoms with Crippen molar-refractivity contribution in [3.63, 3.8) is 0 Å². The first kappa shape index (κ1) is 24.3. The molecule has 0 spiro atoms. The summed E-state index contributed by atoms with van der Waals surface area (Å²) >= 11 is 0. The predicted molar refractivity (Wildman–Crippen MR) is 128 cm³/mol. The molecule has 33 heavy (non-hydrogen) atoms. The second kappa shape index (κ2) is 11.5. The molecule has 2 aromatic rings. The molecule has 9 heteroatoms. The van der Waals surface area contributed by atoms with Gasteiger partial charge in [0.05, 0.1) is 6.54 Å². The minimum atomic E-state index is -0.714. The number of H-pyrrole nitrogens is 1. The van der Waals surface area contributed by atoms with E-state index in [9.17, 15) is 19.2 Å². The lowest BCUT2D eigenvalue weighted by molar-refractivity contribution is -0.135. The minimum absolute atomic E-state index is 0.0412. The Morgan fingerprint density at radius 2 is 1.82 bits per heavy atom. The highest BCUT2D eigenvalue weighted by molar-refractivity contribution is 5.98. The van der Waals surface area contributed by atoms with Crippen LogP contribution in [0.5, 0.6) is 0 Å². The maximum Gasteiger partial charge on any atom is 0.330 e. The molecule has 3 rings (SSSR count). The molecule has 9 nitrogen and oxygen atoms in total. The van der Waals surface area contributed by atoms with E-state index < -0.39 is 17.2 Å². The van der Waals surface area contributed by atoms with Gasteiger partial charge < -0.3 is 10.6 Å². The molecule has 1 aliphatic rings. The van der Waals surface area contributed by atoms with Crippen LogP contribution in [-0.4, -0.2) is 39.4 Å². The van der Waals surface area contributed by atoms with Gasteiger partial charge in [-0.15, -0.1) is 0 Å². The van der Waals surface area contributed by atoms with Crippen LogP contribution in [0.4, 0.5) is 11.5 Å². The fourth-order valence-electron chi connectivity index (χ4n) is 4.07. The van der Waals surface area contributed by atoms with Crippen LogP contribution in [0.2, 0.25) is 0 Å². The van der Waals surface area contributed by atoms with E-state index in [1.54, 1.807) is 4.90 Å². The van der Waals surface area contributed by atoms with Crippen molar-refractivity contribution in [2.45, 2.75) is 65.0 Å². The number of nitrogens with zero attached hydrogens (tertiary/aromatic N) is 3. The number of carbonyl (C=O) groups excluding carboxylic acids is 2. The number of anilines is 2. The van der Waals surface area contributed by atoms with Gasteiger partial charge >= 0.3 is 5.69 Å². The van der Waals surface area contributed by atoms with Gasteiger partial charge in [0.25, 0.3) is 5.56 Å². The fourth-order valence-corrected chi connectivity index (χ4v) is 4.07.